The van der Waals surface area contributed by atoms with E-state index in [9.17, 15) is 14.7 Å². The first-order chi connectivity index (χ1) is 12.2. The number of aliphatic hydroxyl groups is 1. The van der Waals surface area contributed by atoms with Crippen molar-refractivity contribution in [2.24, 2.45) is 16.7 Å². The zero-order chi connectivity index (χ0) is 18.5. The van der Waals surface area contributed by atoms with Gasteiger partial charge in [-0.15, -0.1) is 0 Å². The Kier molecular flexibility index (Phi) is 2.92. The van der Waals surface area contributed by atoms with Gasteiger partial charge in [-0.2, -0.15) is 0 Å². The molecule has 2 aliphatic heterocycles. The normalized spacial score (nSPS) is 52.5. The molecule has 0 aromatic carbocycles. The van der Waals surface area contributed by atoms with Gasteiger partial charge in [-0.3, -0.25) is 9.59 Å². The zero-order valence-electron chi connectivity index (χ0n) is 15.3. The lowest BCUT2D eigenvalue weighted by Gasteiger charge is -2.61. The highest BCUT2D eigenvalue weighted by molar-refractivity contribution is 5.94. The van der Waals surface area contributed by atoms with Crippen LogP contribution in [0.4, 0.5) is 0 Å². The van der Waals surface area contributed by atoms with Gasteiger partial charge in [0, 0.05) is 18.4 Å². The maximum absolute atomic E-state index is 13.2. The van der Waals surface area contributed by atoms with Gasteiger partial charge in [-0.05, 0) is 38.7 Å². The zero-order valence-corrected chi connectivity index (χ0v) is 15.3. The number of carbonyl (C=O) groups excluding carboxylic acids is 2. The van der Waals surface area contributed by atoms with Crippen LogP contribution in [0.25, 0.3) is 0 Å². The Balaban J connectivity index is 1.66. The van der Waals surface area contributed by atoms with E-state index in [2.05, 4.69) is 0 Å². The summed E-state index contributed by atoms with van der Waals surface area (Å²) in [6, 6.07) is 1.78. The number of hydrogen-bond donors (Lipinski definition) is 1. The number of esters is 1. The minimum atomic E-state index is -1.48. The average molecular weight is 360 g/mol. The standard InChI is InChI=1S/C20H24O6/c1-11-8-14(21)17(2)18(3)15(26-18)4-6-20(17,23)19(11)9-13(25-16(19)22)12-5-7-24-10-12/h5,7,10-11,13,15,23H,4,6,8-9H2,1-3H3/t11-,13+,15-,17-,18-,19+,20-/m1/s1. The molecule has 0 bridgehead atoms. The number of fused-ring (bicyclic) bond motifs is 4. The molecule has 5 rings (SSSR count). The van der Waals surface area contributed by atoms with Crippen molar-refractivity contribution in [3.63, 3.8) is 0 Å². The minimum absolute atomic E-state index is 0.0117. The molecule has 2 saturated heterocycles. The summed E-state index contributed by atoms with van der Waals surface area (Å²) in [5.74, 6) is -0.709. The molecule has 140 valence electrons. The van der Waals surface area contributed by atoms with Crippen LogP contribution in [-0.4, -0.2) is 34.2 Å². The number of epoxide rings is 1. The van der Waals surface area contributed by atoms with E-state index < -0.39 is 34.1 Å². The summed E-state index contributed by atoms with van der Waals surface area (Å²) in [6.45, 7) is 5.58. The van der Waals surface area contributed by atoms with Crippen molar-refractivity contribution >= 4 is 11.8 Å². The van der Waals surface area contributed by atoms with Crippen molar-refractivity contribution in [3.8, 4) is 0 Å². The second-order valence-corrected chi connectivity index (χ2v) is 8.89. The van der Waals surface area contributed by atoms with Gasteiger partial charge in [-0.25, -0.2) is 0 Å². The van der Waals surface area contributed by atoms with E-state index in [0.717, 1.165) is 5.56 Å². The predicted octanol–water partition coefficient (Wildman–Crippen LogP) is 2.55. The Morgan fingerprint density at radius 3 is 2.73 bits per heavy atom. The monoisotopic (exact) mass is 360 g/mol. The van der Waals surface area contributed by atoms with Crippen LogP contribution >= 0.6 is 0 Å². The molecule has 1 N–H and O–H groups in total. The van der Waals surface area contributed by atoms with Crippen LogP contribution < -0.4 is 0 Å². The van der Waals surface area contributed by atoms with Crippen molar-refractivity contribution < 1.29 is 28.6 Å². The number of ketones is 1. The second kappa shape index (κ2) is 4.60. The predicted molar refractivity (Wildman–Crippen MR) is 88.9 cm³/mol. The average Bonchev–Trinajstić information content (AvgIpc) is 2.97. The first-order valence-corrected chi connectivity index (χ1v) is 9.37. The Labute approximate surface area is 151 Å². The fraction of sp³-hybridized carbons (Fsp3) is 0.700. The van der Waals surface area contributed by atoms with E-state index in [-0.39, 0.29) is 24.2 Å². The number of ether oxygens (including phenoxy) is 2. The van der Waals surface area contributed by atoms with E-state index in [1.165, 1.54) is 0 Å². The molecule has 0 unspecified atom stereocenters. The molecule has 2 aliphatic carbocycles. The van der Waals surface area contributed by atoms with Gasteiger partial charge in [0.15, 0.2) is 0 Å². The van der Waals surface area contributed by atoms with Crippen LogP contribution in [0.15, 0.2) is 23.0 Å². The summed E-state index contributed by atoms with van der Waals surface area (Å²) in [4.78, 5) is 26.4. The van der Waals surface area contributed by atoms with Crippen molar-refractivity contribution in [2.45, 2.75) is 69.9 Å². The number of furan rings is 1. The Hall–Kier alpha value is -1.66. The highest BCUT2D eigenvalue weighted by Gasteiger charge is 2.84. The molecular weight excluding hydrogens is 336 g/mol. The van der Waals surface area contributed by atoms with Gasteiger partial charge in [-0.1, -0.05) is 6.92 Å². The van der Waals surface area contributed by atoms with Crippen molar-refractivity contribution in [2.75, 3.05) is 0 Å². The van der Waals surface area contributed by atoms with E-state index in [0.29, 0.717) is 19.3 Å². The lowest BCUT2D eigenvalue weighted by molar-refractivity contribution is -0.230. The molecule has 3 heterocycles. The molecule has 7 atom stereocenters. The van der Waals surface area contributed by atoms with Gasteiger partial charge >= 0.3 is 5.97 Å². The van der Waals surface area contributed by atoms with Crippen LogP contribution in [-0.2, 0) is 19.1 Å². The largest absolute Gasteiger partial charge is 0.472 e. The smallest absolute Gasteiger partial charge is 0.316 e. The molecule has 1 spiro atoms. The third-order valence-electron chi connectivity index (χ3n) is 8.20. The molecule has 0 amide bonds. The second-order valence-electron chi connectivity index (χ2n) is 8.89. The summed E-state index contributed by atoms with van der Waals surface area (Å²) in [5, 5.41) is 12.1. The van der Waals surface area contributed by atoms with E-state index >= 15 is 0 Å². The van der Waals surface area contributed by atoms with Gasteiger partial charge in [0.2, 0.25) is 0 Å². The Morgan fingerprint density at radius 2 is 2.04 bits per heavy atom. The van der Waals surface area contributed by atoms with Crippen LogP contribution in [0.2, 0.25) is 0 Å². The molecule has 1 aromatic rings. The summed E-state index contributed by atoms with van der Waals surface area (Å²) in [7, 11) is 0. The summed E-state index contributed by atoms with van der Waals surface area (Å²) >= 11 is 0. The van der Waals surface area contributed by atoms with Crippen molar-refractivity contribution in [1.82, 2.24) is 0 Å². The van der Waals surface area contributed by atoms with Gasteiger partial charge < -0.3 is 19.0 Å². The topological polar surface area (TPSA) is 89.3 Å². The molecule has 2 saturated carbocycles. The Bertz CT molecular complexity index is 801. The fourth-order valence-corrected chi connectivity index (χ4v) is 6.31. The first-order valence-electron chi connectivity index (χ1n) is 9.37. The molecule has 26 heavy (non-hydrogen) atoms. The van der Waals surface area contributed by atoms with Crippen LogP contribution in [0.1, 0.15) is 58.1 Å². The van der Waals surface area contributed by atoms with Crippen LogP contribution in [0.5, 0.6) is 0 Å². The highest BCUT2D eigenvalue weighted by atomic mass is 16.6. The lowest BCUT2D eigenvalue weighted by atomic mass is 9.41. The molecule has 6 heteroatoms. The van der Waals surface area contributed by atoms with E-state index in [4.69, 9.17) is 13.9 Å². The summed E-state index contributed by atoms with van der Waals surface area (Å²) < 4.78 is 16.8. The maximum Gasteiger partial charge on any atom is 0.316 e. The van der Waals surface area contributed by atoms with Gasteiger partial charge in [0.1, 0.15) is 22.9 Å². The van der Waals surface area contributed by atoms with Crippen LogP contribution in [0, 0.1) is 16.7 Å². The molecule has 1 aromatic heterocycles. The van der Waals surface area contributed by atoms with E-state index in [1.807, 2.05) is 13.8 Å². The third kappa shape index (κ3) is 1.50. The number of rotatable bonds is 1. The molecule has 0 radical (unpaired) electrons. The Morgan fingerprint density at radius 1 is 1.27 bits per heavy atom. The fourth-order valence-electron chi connectivity index (χ4n) is 6.31. The minimum Gasteiger partial charge on any atom is -0.472 e. The SMILES string of the molecule is C[C@@H]1CC(=O)[C@@]2(C)[C@](O)(CC[C@H]3O[C@]32C)[C@@]12C[C@@H](c1ccoc1)OC2=O. The molecule has 4 aliphatic rings. The van der Waals surface area contributed by atoms with Crippen molar-refractivity contribution in [1.29, 1.82) is 0 Å². The quantitative estimate of drug-likeness (QED) is 0.611. The number of cyclic esters (lactones) is 1. The van der Waals surface area contributed by atoms with Gasteiger partial charge in [0.25, 0.3) is 0 Å². The molecule has 6 nitrogen and oxygen atoms in total. The maximum atomic E-state index is 13.2. The summed E-state index contributed by atoms with van der Waals surface area (Å²) in [6.07, 6.45) is 4.25. The number of Topliss-reactive ketones (excluding diaryl/α,β-unsaturated/α-hetero) is 1. The molecular formula is C20H24O6. The van der Waals surface area contributed by atoms with Crippen LogP contribution in [0.3, 0.4) is 0 Å². The van der Waals surface area contributed by atoms with E-state index in [1.54, 1.807) is 25.5 Å². The van der Waals surface area contributed by atoms with Gasteiger partial charge in [0.05, 0.1) is 29.6 Å². The number of hydrogen-bond acceptors (Lipinski definition) is 6. The van der Waals surface area contributed by atoms with Crippen molar-refractivity contribution in [3.05, 3.63) is 24.2 Å². The number of carbonyl (C=O) groups is 2. The summed E-state index contributed by atoms with van der Waals surface area (Å²) in [5.41, 5.74) is -3.63. The molecule has 4 fully saturated rings. The lowest BCUT2D eigenvalue weighted by Crippen LogP contribution is -2.74. The third-order valence-corrected chi connectivity index (χ3v) is 8.20. The highest BCUT2D eigenvalue weighted by Crippen LogP contribution is 2.72. The first kappa shape index (κ1) is 16.5.